The van der Waals surface area contributed by atoms with Crippen LogP contribution in [0.3, 0.4) is 0 Å². The lowest BCUT2D eigenvalue weighted by atomic mass is 10.3. The van der Waals surface area contributed by atoms with Crippen LogP contribution in [0.2, 0.25) is 0 Å². The maximum Gasteiger partial charge on any atom is 0.178 e. The molecule has 0 bridgehead atoms. The molecule has 1 aromatic rings. The van der Waals surface area contributed by atoms with Gasteiger partial charge in [0.2, 0.25) is 0 Å². The topological polar surface area (TPSA) is 18.5 Å². The zero-order valence-electron chi connectivity index (χ0n) is 8.46. The zero-order valence-corrected chi connectivity index (χ0v) is 9.28. The Bertz CT molecular complexity index is 290. The molecule has 1 rings (SSSR count). The van der Waals surface area contributed by atoms with Crippen molar-refractivity contribution >= 4 is 11.8 Å². The Kier molecular flexibility index (Phi) is 4.07. The van der Waals surface area contributed by atoms with Gasteiger partial charge in [-0.2, -0.15) is 0 Å². The summed E-state index contributed by atoms with van der Waals surface area (Å²) in [4.78, 5) is 0.535. The smallest absolute Gasteiger partial charge is 0.178 e. The van der Waals surface area contributed by atoms with Crippen LogP contribution in [0.15, 0.2) is 17.0 Å². The first-order valence-electron chi connectivity index (χ1n) is 4.27. The normalized spacial score (nSPS) is 10.0. The van der Waals surface area contributed by atoms with Gasteiger partial charge in [0.25, 0.3) is 0 Å². The minimum absolute atomic E-state index is 0.223. The summed E-state index contributed by atoms with van der Waals surface area (Å²) in [6.45, 7) is 2.44. The van der Waals surface area contributed by atoms with Gasteiger partial charge >= 0.3 is 0 Å². The van der Waals surface area contributed by atoms with Gasteiger partial charge in [0, 0.05) is 6.07 Å². The van der Waals surface area contributed by atoms with Crippen LogP contribution in [0.5, 0.6) is 11.5 Å². The molecular formula is C10H13FO2S. The molecule has 14 heavy (non-hydrogen) atoms. The molecule has 0 radical (unpaired) electrons. The fourth-order valence-electron chi connectivity index (χ4n) is 1.10. The Hall–Kier alpha value is -0.900. The van der Waals surface area contributed by atoms with Gasteiger partial charge in [-0.1, -0.05) is 0 Å². The number of ether oxygens (including phenoxy) is 2. The number of thioether (sulfide) groups is 1. The lowest BCUT2D eigenvalue weighted by Gasteiger charge is -2.09. The molecule has 0 aromatic heterocycles. The van der Waals surface area contributed by atoms with Crippen molar-refractivity contribution in [3.05, 3.63) is 17.9 Å². The van der Waals surface area contributed by atoms with Crippen molar-refractivity contribution in [2.45, 2.75) is 11.8 Å². The molecule has 0 aliphatic carbocycles. The van der Waals surface area contributed by atoms with E-state index in [0.29, 0.717) is 17.3 Å². The van der Waals surface area contributed by atoms with Crippen LogP contribution in [-0.4, -0.2) is 20.0 Å². The summed E-state index contributed by atoms with van der Waals surface area (Å²) in [5, 5.41) is 0. The van der Waals surface area contributed by atoms with Crippen molar-refractivity contribution in [2.75, 3.05) is 20.0 Å². The monoisotopic (exact) mass is 216 g/mol. The van der Waals surface area contributed by atoms with Gasteiger partial charge in [0.05, 0.1) is 18.6 Å². The third kappa shape index (κ3) is 2.32. The molecule has 0 aliphatic heterocycles. The number of methoxy groups -OCH3 is 1. The number of hydrogen-bond acceptors (Lipinski definition) is 3. The van der Waals surface area contributed by atoms with E-state index in [-0.39, 0.29) is 11.6 Å². The fourth-order valence-corrected chi connectivity index (χ4v) is 1.61. The molecule has 0 heterocycles. The Balaban J connectivity index is 3.11. The van der Waals surface area contributed by atoms with Crippen molar-refractivity contribution in [1.29, 1.82) is 0 Å². The van der Waals surface area contributed by atoms with Gasteiger partial charge in [-0.25, -0.2) is 4.39 Å². The molecule has 0 atom stereocenters. The first kappa shape index (κ1) is 11.2. The summed E-state index contributed by atoms with van der Waals surface area (Å²) < 4.78 is 23.7. The third-order valence-corrected chi connectivity index (χ3v) is 2.47. The van der Waals surface area contributed by atoms with Gasteiger partial charge in [-0.15, -0.1) is 11.8 Å². The zero-order chi connectivity index (χ0) is 10.6. The highest BCUT2D eigenvalue weighted by Gasteiger charge is 2.10. The third-order valence-electron chi connectivity index (χ3n) is 1.73. The second kappa shape index (κ2) is 5.10. The molecule has 0 saturated carbocycles. The minimum Gasteiger partial charge on any atom is -0.494 e. The molecule has 0 aliphatic rings. The molecule has 78 valence electrons. The summed E-state index contributed by atoms with van der Waals surface area (Å²) in [7, 11) is 1.44. The van der Waals surface area contributed by atoms with E-state index in [0.717, 1.165) is 0 Å². The second-order valence-electron chi connectivity index (χ2n) is 2.57. The number of benzene rings is 1. The molecule has 2 nitrogen and oxygen atoms in total. The number of halogens is 1. The maximum atomic E-state index is 13.5. The maximum absolute atomic E-state index is 13.5. The summed E-state index contributed by atoms with van der Waals surface area (Å²) in [5.41, 5.74) is 0. The first-order valence-corrected chi connectivity index (χ1v) is 5.49. The van der Waals surface area contributed by atoms with E-state index in [4.69, 9.17) is 9.47 Å². The van der Waals surface area contributed by atoms with Gasteiger partial charge in [-0.05, 0) is 19.2 Å². The molecule has 0 fully saturated rings. The molecular weight excluding hydrogens is 203 g/mol. The van der Waals surface area contributed by atoms with E-state index in [2.05, 4.69) is 0 Å². The quantitative estimate of drug-likeness (QED) is 0.721. The molecule has 0 spiro atoms. The minimum atomic E-state index is -0.330. The Morgan fingerprint density at radius 2 is 2.14 bits per heavy atom. The molecule has 0 amide bonds. The standard InChI is InChI=1S/C10H13FO2S/c1-4-13-7-5-8(12-2)10(11)9(6-7)14-3/h5-6H,4H2,1-3H3. The van der Waals surface area contributed by atoms with Gasteiger partial charge in [0.15, 0.2) is 11.6 Å². The highest BCUT2D eigenvalue weighted by molar-refractivity contribution is 7.98. The largest absolute Gasteiger partial charge is 0.494 e. The predicted molar refractivity (Wildman–Crippen MR) is 55.9 cm³/mol. The van der Waals surface area contributed by atoms with Gasteiger partial charge in [0.1, 0.15) is 5.75 Å². The average molecular weight is 216 g/mol. The SMILES string of the molecule is CCOc1cc(OC)c(F)c(SC)c1. The molecule has 0 unspecified atom stereocenters. The van der Waals surface area contributed by atoms with Crippen molar-refractivity contribution in [1.82, 2.24) is 0 Å². The fraction of sp³-hybridized carbons (Fsp3) is 0.400. The van der Waals surface area contributed by atoms with Crippen LogP contribution >= 0.6 is 11.8 Å². The first-order chi connectivity index (χ1) is 6.72. The van der Waals surface area contributed by atoms with Crippen molar-refractivity contribution in [3.63, 3.8) is 0 Å². The summed E-state index contributed by atoms with van der Waals surface area (Å²) in [5.74, 6) is 0.527. The highest BCUT2D eigenvalue weighted by Crippen LogP contribution is 2.32. The molecule has 0 N–H and O–H groups in total. The Morgan fingerprint density at radius 1 is 1.43 bits per heavy atom. The van der Waals surface area contributed by atoms with Crippen LogP contribution in [0.4, 0.5) is 4.39 Å². The second-order valence-corrected chi connectivity index (χ2v) is 3.42. The number of rotatable bonds is 4. The van der Waals surface area contributed by atoms with E-state index in [1.165, 1.54) is 18.9 Å². The van der Waals surface area contributed by atoms with Crippen LogP contribution < -0.4 is 9.47 Å². The lowest BCUT2D eigenvalue weighted by Crippen LogP contribution is -1.95. The lowest BCUT2D eigenvalue weighted by molar-refractivity contribution is 0.329. The average Bonchev–Trinajstić information content (AvgIpc) is 2.20. The van der Waals surface area contributed by atoms with Crippen molar-refractivity contribution in [2.24, 2.45) is 0 Å². The van der Waals surface area contributed by atoms with Gasteiger partial charge < -0.3 is 9.47 Å². The van der Waals surface area contributed by atoms with E-state index >= 15 is 0 Å². The van der Waals surface area contributed by atoms with Crippen LogP contribution in [0.25, 0.3) is 0 Å². The summed E-state index contributed by atoms with van der Waals surface area (Å²) >= 11 is 1.33. The molecule has 4 heteroatoms. The van der Waals surface area contributed by atoms with E-state index in [1.54, 1.807) is 12.1 Å². The van der Waals surface area contributed by atoms with Crippen molar-refractivity contribution in [3.8, 4) is 11.5 Å². The summed E-state index contributed by atoms with van der Waals surface area (Å²) in [6.07, 6.45) is 1.81. The molecule has 0 saturated heterocycles. The van der Waals surface area contributed by atoms with Crippen LogP contribution in [0.1, 0.15) is 6.92 Å². The van der Waals surface area contributed by atoms with E-state index in [9.17, 15) is 4.39 Å². The molecule has 1 aromatic carbocycles. The van der Waals surface area contributed by atoms with E-state index < -0.39 is 0 Å². The van der Waals surface area contributed by atoms with Gasteiger partial charge in [-0.3, -0.25) is 0 Å². The Labute approximate surface area is 87.4 Å². The number of hydrogen-bond donors (Lipinski definition) is 0. The van der Waals surface area contributed by atoms with Crippen LogP contribution in [0, 0.1) is 5.82 Å². The predicted octanol–water partition coefficient (Wildman–Crippen LogP) is 2.95. The van der Waals surface area contributed by atoms with E-state index in [1.807, 2.05) is 13.2 Å². The Morgan fingerprint density at radius 3 is 2.64 bits per heavy atom. The van der Waals surface area contributed by atoms with Crippen LogP contribution in [-0.2, 0) is 0 Å². The summed E-state index contributed by atoms with van der Waals surface area (Å²) in [6, 6.07) is 3.23. The van der Waals surface area contributed by atoms with Crippen molar-refractivity contribution < 1.29 is 13.9 Å². The highest BCUT2D eigenvalue weighted by atomic mass is 32.2.